The van der Waals surface area contributed by atoms with E-state index in [1.807, 2.05) is 30.3 Å². The summed E-state index contributed by atoms with van der Waals surface area (Å²) in [5.74, 6) is 0.454. The summed E-state index contributed by atoms with van der Waals surface area (Å²) in [6.07, 6.45) is 10.3. The van der Waals surface area contributed by atoms with Gasteiger partial charge in [0.25, 0.3) is 0 Å². The van der Waals surface area contributed by atoms with Crippen LogP contribution in [0.4, 0.5) is 0 Å². The van der Waals surface area contributed by atoms with Crippen molar-refractivity contribution in [2.24, 2.45) is 5.92 Å². The number of aromatic nitrogens is 2. The van der Waals surface area contributed by atoms with Crippen molar-refractivity contribution in [2.45, 2.75) is 45.4 Å². The highest BCUT2D eigenvalue weighted by Gasteiger charge is 2.19. The minimum absolute atomic E-state index is 0.0434. The summed E-state index contributed by atoms with van der Waals surface area (Å²) in [4.78, 5) is 31.7. The maximum absolute atomic E-state index is 12.4. The van der Waals surface area contributed by atoms with Crippen LogP contribution in [-0.4, -0.2) is 28.3 Å². The molecule has 1 saturated carbocycles. The molecule has 1 heterocycles. The third-order valence-corrected chi connectivity index (χ3v) is 5.03. The number of benzene rings is 1. The first-order valence-electron chi connectivity index (χ1n) is 9.63. The number of nitrogens with zero attached hydrogens (tertiary/aromatic N) is 1. The highest BCUT2D eigenvalue weighted by atomic mass is 16.5. The van der Waals surface area contributed by atoms with E-state index in [1.165, 1.54) is 45.1 Å². The van der Waals surface area contributed by atoms with Crippen LogP contribution in [-0.2, 0) is 14.3 Å². The standard InChI is InChI=1S/C22H26N2O3/c1-16(25)20(22(26)27-13-12-17-8-4-2-5-9-17)14-19-15-23-21(24-19)18-10-6-3-7-11-18/h3,6-7,10-11,14-15,17H,2,4-5,8-9,12-13H2,1H3,(H,23,24)/b20-14-. The Balaban J connectivity index is 1.63. The van der Waals surface area contributed by atoms with E-state index >= 15 is 0 Å². The molecule has 1 aliphatic rings. The quantitative estimate of drug-likeness (QED) is 0.337. The van der Waals surface area contributed by atoms with Gasteiger partial charge in [-0.05, 0) is 25.3 Å². The van der Waals surface area contributed by atoms with Gasteiger partial charge in [-0.2, -0.15) is 0 Å². The topological polar surface area (TPSA) is 72.0 Å². The molecule has 5 heteroatoms. The molecule has 5 nitrogen and oxygen atoms in total. The normalized spacial score (nSPS) is 15.5. The molecule has 142 valence electrons. The summed E-state index contributed by atoms with van der Waals surface area (Å²) in [7, 11) is 0. The number of carbonyl (C=O) groups is 2. The Morgan fingerprint density at radius 1 is 1.19 bits per heavy atom. The minimum atomic E-state index is -0.561. The monoisotopic (exact) mass is 366 g/mol. The van der Waals surface area contributed by atoms with E-state index in [0.717, 1.165) is 12.0 Å². The molecule has 3 rings (SSSR count). The molecule has 0 amide bonds. The molecule has 2 aromatic rings. The summed E-state index contributed by atoms with van der Waals surface area (Å²) in [5, 5.41) is 0. The number of hydrogen-bond acceptors (Lipinski definition) is 4. The Bertz CT molecular complexity index is 802. The molecule has 1 fully saturated rings. The lowest BCUT2D eigenvalue weighted by Crippen LogP contribution is -2.16. The van der Waals surface area contributed by atoms with Crippen LogP contribution in [0.3, 0.4) is 0 Å². The average molecular weight is 366 g/mol. The SMILES string of the molecule is CC(=O)/C(=C/c1cnc(-c2ccccc2)[nH]1)C(=O)OCCC1CCCCC1. The van der Waals surface area contributed by atoms with E-state index < -0.39 is 5.97 Å². The second-order valence-electron chi connectivity index (χ2n) is 7.10. The van der Waals surface area contributed by atoms with Crippen molar-refractivity contribution in [3.63, 3.8) is 0 Å². The lowest BCUT2D eigenvalue weighted by atomic mass is 9.87. The van der Waals surface area contributed by atoms with Crippen molar-refractivity contribution in [3.8, 4) is 11.4 Å². The van der Waals surface area contributed by atoms with Gasteiger partial charge in [-0.15, -0.1) is 0 Å². The number of ether oxygens (including phenoxy) is 1. The Morgan fingerprint density at radius 2 is 1.93 bits per heavy atom. The number of nitrogens with one attached hydrogen (secondary N) is 1. The minimum Gasteiger partial charge on any atom is -0.462 e. The molecule has 0 saturated heterocycles. The molecule has 0 radical (unpaired) electrons. The fourth-order valence-corrected chi connectivity index (χ4v) is 3.48. The van der Waals surface area contributed by atoms with Crippen LogP contribution in [0.1, 0.15) is 51.1 Å². The van der Waals surface area contributed by atoms with Gasteiger partial charge in [0.05, 0.1) is 18.5 Å². The van der Waals surface area contributed by atoms with E-state index in [0.29, 0.717) is 24.0 Å². The average Bonchev–Trinajstić information content (AvgIpc) is 3.16. The highest BCUT2D eigenvalue weighted by molar-refractivity contribution is 6.19. The Morgan fingerprint density at radius 3 is 2.63 bits per heavy atom. The zero-order chi connectivity index (χ0) is 19.1. The first-order chi connectivity index (χ1) is 13.1. The van der Waals surface area contributed by atoms with Crippen LogP contribution in [0.25, 0.3) is 17.5 Å². The predicted octanol–water partition coefficient (Wildman–Crippen LogP) is 4.56. The van der Waals surface area contributed by atoms with Crippen LogP contribution >= 0.6 is 0 Å². The fraction of sp³-hybridized carbons (Fsp3) is 0.409. The van der Waals surface area contributed by atoms with Gasteiger partial charge in [-0.3, -0.25) is 4.79 Å². The van der Waals surface area contributed by atoms with Gasteiger partial charge in [0.2, 0.25) is 0 Å². The van der Waals surface area contributed by atoms with E-state index in [-0.39, 0.29) is 11.4 Å². The second-order valence-corrected chi connectivity index (χ2v) is 7.10. The Kier molecular flexibility index (Phi) is 6.58. The first kappa shape index (κ1) is 19.1. The number of ketones is 1. The summed E-state index contributed by atoms with van der Waals surface area (Å²) >= 11 is 0. The number of carbonyl (C=O) groups excluding carboxylic acids is 2. The molecule has 0 aliphatic heterocycles. The maximum atomic E-state index is 12.4. The van der Waals surface area contributed by atoms with Crippen LogP contribution in [0.2, 0.25) is 0 Å². The molecular weight excluding hydrogens is 340 g/mol. The van der Waals surface area contributed by atoms with Crippen LogP contribution in [0.5, 0.6) is 0 Å². The summed E-state index contributed by atoms with van der Waals surface area (Å²) in [6, 6.07) is 9.68. The number of hydrogen-bond donors (Lipinski definition) is 1. The third-order valence-electron chi connectivity index (χ3n) is 5.03. The van der Waals surface area contributed by atoms with Gasteiger partial charge in [-0.1, -0.05) is 62.4 Å². The number of esters is 1. The maximum Gasteiger partial charge on any atom is 0.341 e. The van der Waals surface area contributed by atoms with Gasteiger partial charge >= 0.3 is 5.97 Å². The zero-order valence-electron chi connectivity index (χ0n) is 15.7. The van der Waals surface area contributed by atoms with Crippen LogP contribution in [0, 0.1) is 5.92 Å². The molecule has 1 N–H and O–H groups in total. The van der Waals surface area contributed by atoms with E-state index in [2.05, 4.69) is 9.97 Å². The molecule has 0 atom stereocenters. The largest absolute Gasteiger partial charge is 0.462 e. The van der Waals surface area contributed by atoms with E-state index in [4.69, 9.17) is 4.74 Å². The molecule has 1 aromatic heterocycles. The molecule has 27 heavy (non-hydrogen) atoms. The van der Waals surface area contributed by atoms with Gasteiger partial charge in [0.1, 0.15) is 11.4 Å². The zero-order valence-corrected chi connectivity index (χ0v) is 15.7. The number of imidazole rings is 1. The molecule has 0 spiro atoms. The molecule has 0 unspecified atom stereocenters. The number of H-pyrrole nitrogens is 1. The van der Waals surface area contributed by atoms with Gasteiger partial charge in [-0.25, -0.2) is 9.78 Å². The van der Waals surface area contributed by atoms with Crippen molar-refractivity contribution in [2.75, 3.05) is 6.61 Å². The molecule has 1 aliphatic carbocycles. The van der Waals surface area contributed by atoms with Crippen LogP contribution < -0.4 is 0 Å². The Hall–Kier alpha value is -2.69. The third kappa shape index (κ3) is 5.39. The van der Waals surface area contributed by atoms with Crippen molar-refractivity contribution in [1.82, 2.24) is 9.97 Å². The summed E-state index contributed by atoms with van der Waals surface area (Å²) in [5.41, 5.74) is 1.58. The van der Waals surface area contributed by atoms with E-state index in [9.17, 15) is 9.59 Å². The van der Waals surface area contributed by atoms with Gasteiger partial charge in [0.15, 0.2) is 5.78 Å². The van der Waals surface area contributed by atoms with Crippen molar-refractivity contribution < 1.29 is 14.3 Å². The highest BCUT2D eigenvalue weighted by Crippen LogP contribution is 2.26. The van der Waals surface area contributed by atoms with Crippen molar-refractivity contribution in [3.05, 3.63) is 47.8 Å². The smallest absolute Gasteiger partial charge is 0.341 e. The molecule has 1 aromatic carbocycles. The second kappa shape index (κ2) is 9.31. The number of Topliss-reactive ketones (excluding diaryl/α,β-unsaturated/α-hetero) is 1. The number of rotatable bonds is 7. The lowest BCUT2D eigenvalue weighted by Gasteiger charge is -2.21. The first-order valence-corrected chi connectivity index (χ1v) is 9.63. The summed E-state index contributed by atoms with van der Waals surface area (Å²) in [6.45, 7) is 1.75. The molecule has 0 bridgehead atoms. The lowest BCUT2D eigenvalue weighted by molar-refractivity contribution is -0.140. The van der Waals surface area contributed by atoms with Crippen molar-refractivity contribution >= 4 is 17.8 Å². The van der Waals surface area contributed by atoms with Crippen molar-refractivity contribution in [1.29, 1.82) is 0 Å². The number of aromatic amines is 1. The Labute approximate surface area is 159 Å². The van der Waals surface area contributed by atoms with Gasteiger partial charge < -0.3 is 9.72 Å². The predicted molar refractivity (Wildman–Crippen MR) is 105 cm³/mol. The van der Waals surface area contributed by atoms with E-state index in [1.54, 1.807) is 6.20 Å². The molecular formula is C22H26N2O3. The van der Waals surface area contributed by atoms with Gasteiger partial charge in [0, 0.05) is 5.56 Å². The summed E-state index contributed by atoms with van der Waals surface area (Å²) < 4.78 is 5.37. The van der Waals surface area contributed by atoms with Crippen LogP contribution in [0.15, 0.2) is 42.1 Å². The fourth-order valence-electron chi connectivity index (χ4n) is 3.48.